The Morgan fingerprint density at radius 2 is 0.949 bits per heavy atom. The predicted octanol–water partition coefficient (Wildman–Crippen LogP) is 7.67. The molecule has 0 unspecified atom stereocenters. The van der Waals surface area contributed by atoms with Gasteiger partial charge in [0.15, 0.2) is 10.1 Å². The average Bonchev–Trinajstić information content (AvgIpc) is 2.94. The van der Waals surface area contributed by atoms with E-state index in [0.717, 1.165) is 33.2 Å². The second kappa shape index (κ2) is 11.8. The van der Waals surface area contributed by atoms with Crippen LogP contribution in [0.2, 0.25) is 5.02 Å². The van der Waals surface area contributed by atoms with Crippen LogP contribution in [0.3, 0.4) is 0 Å². The van der Waals surface area contributed by atoms with Crippen LogP contribution in [0.25, 0.3) is 39.3 Å². The summed E-state index contributed by atoms with van der Waals surface area (Å²) in [7, 11) is -6.09. The first-order valence-electron chi connectivity index (χ1n) is 11.6. The summed E-state index contributed by atoms with van der Waals surface area (Å²) >= 11 is 6.21. The summed E-state index contributed by atoms with van der Waals surface area (Å²) < 4.78 is 61.2. The summed E-state index contributed by atoms with van der Waals surface area (Å²) in [6.07, 6.45) is 0. The number of hydrogen-bond acceptors (Lipinski definition) is 3. The van der Waals surface area contributed by atoms with Crippen molar-refractivity contribution in [2.75, 3.05) is 0 Å². The third-order valence-electron chi connectivity index (χ3n) is 5.68. The zero-order valence-corrected chi connectivity index (χ0v) is 21.8. The smallest absolute Gasteiger partial charge is 0.485 e. The average molecular weight is 568 g/mol. The molecule has 0 aliphatic carbocycles. The first-order valence-corrected chi connectivity index (χ1v) is 13.4. The van der Waals surface area contributed by atoms with Gasteiger partial charge in [0.05, 0.1) is 0 Å². The molecule has 1 heterocycles. The van der Waals surface area contributed by atoms with Crippen molar-refractivity contribution < 1.29 is 30.7 Å². The molecule has 0 aliphatic heterocycles. The lowest BCUT2D eigenvalue weighted by Gasteiger charge is -2.12. The Morgan fingerprint density at radius 1 is 0.590 bits per heavy atom. The van der Waals surface area contributed by atoms with Crippen molar-refractivity contribution in [2.45, 2.75) is 5.51 Å². The van der Waals surface area contributed by atoms with Gasteiger partial charge in [-0.3, -0.25) is 0 Å². The molecular weight excluding hydrogens is 547 g/mol. The fraction of sp³-hybridized carbons (Fsp3) is 0.0333. The molecule has 0 bridgehead atoms. The lowest BCUT2D eigenvalue weighted by molar-refractivity contribution is -0.572. The number of pyridine rings is 1. The molecule has 5 rings (SSSR count). The summed E-state index contributed by atoms with van der Waals surface area (Å²) in [4.78, 5) is 0. The second-order valence-corrected chi connectivity index (χ2v) is 10.1. The van der Waals surface area contributed by atoms with Crippen LogP contribution < -0.4 is 4.57 Å². The summed E-state index contributed by atoms with van der Waals surface area (Å²) in [6, 6.07) is 44.2. The number of alkyl halides is 3. The Hall–Kier alpha value is -3.98. The van der Waals surface area contributed by atoms with Gasteiger partial charge in [0.1, 0.15) is 0 Å². The van der Waals surface area contributed by atoms with Gasteiger partial charge in [0.2, 0.25) is 17.1 Å². The van der Waals surface area contributed by atoms with E-state index in [0.29, 0.717) is 0 Å². The summed E-state index contributed by atoms with van der Waals surface area (Å²) in [5.74, 6) is 0. The van der Waals surface area contributed by atoms with Crippen molar-refractivity contribution in [1.82, 2.24) is 0 Å². The number of halogens is 4. The van der Waals surface area contributed by atoms with Gasteiger partial charge < -0.3 is 4.55 Å². The molecule has 0 amide bonds. The van der Waals surface area contributed by atoms with Crippen LogP contribution in [-0.2, 0) is 10.1 Å². The Kier molecular flexibility index (Phi) is 8.50. The van der Waals surface area contributed by atoms with Gasteiger partial charge in [-0.05, 0) is 47.5 Å². The van der Waals surface area contributed by atoms with E-state index in [1.807, 2.05) is 12.1 Å². The van der Waals surface area contributed by atoms with E-state index in [4.69, 9.17) is 24.6 Å². The first-order chi connectivity index (χ1) is 18.5. The topological polar surface area (TPSA) is 61.1 Å². The van der Waals surface area contributed by atoms with Crippen molar-refractivity contribution in [3.8, 4) is 39.3 Å². The highest BCUT2D eigenvalue weighted by Gasteiger charge is 2.37. The quantitative estimate of drug-likeness (QED) is 0.127. The van der Waals surface area contributed by atoms with E-state index in [1.54, 1.807) is 0 Å². The largest absolute Gasteiger partial charge is 0.741 e. The number of nitrogens with zero attached hydrogens (tertiary/aromatic N) is 1. The van der Waals surface area contributed by atoms with Crippen molar-refractivity contribution in [2.24, 2.45) is 0 Å². The molecule has 1 aromatic heterocycles. The molecule has 0 aliphatic rings. The first kappa shape index (κ1) is 28.0. The lowest BCUT2D eigenvalue weighted by Crippen LogP contribution is -2.36. The molecule has 4 nitrogen and oxygen atoms in total. The van der Waals surface area contributed by atoms with Crippen LogP contribution in [0.5, 0.6) is 0 Å². The van der Waals surface area contributed by atoms with E-state index >= 15 is 0 Å². The van der Waals surface area contributed by atoms with Crippen LogP contribution in [0.4, 0.5) is 13.2 Å². The van der Waals surface area contributed by atoms with E-state index in [-0.39, 0.29) is 0 Å². The lowest BCUT2D eigenvalue weighted by atomic mass is 9.98. The Morgan fingerprint density at radius 3 is 1.31 bits per heavy atom. The highest BCUT2D eigenvalue weighted by molar-refractivity contribution is 7.86. The highest BCUT2D eigenvalue weighted by atomic mass is 35.5. The minimum Gasteiger partial charge on any atom is -0.741 e. The van der Waals surface area contributed by atoms with Crippen molar-refractivity contribution >= 4 is 21.7 Å². The van der Waals surface area contributed by atoms with E-state index in [9.17, 15) is 13.2 Å². The molecule has 0 fully saturated rings. The maximum absolute atomic E-state index is 10.7. The fourth-order valence-electron chi connectivity index (χ4n) is 3.90. The monoisotopic (exact) mass is 567 g/mol. The molecule has 39 heavy (non-hydrogen) atoms. The molecule has 5 aromatic rings. The van der Waals surface area contributed by atoms with E-state index in [2.05, 4.69) is 120 Å². The maximum atomic E-state index is 10.7. The molecule has 0 saturated heterocycles. The molecule has 198 valence electrons. The molecule has 0 saturated carbocycles. The third-order valence-corrected chi connectivity index (χ3v) is 6.50. The molecule has 0 spiro atoms. The van der Waals surface area contributed by atoms with Gasteiger partial charge in [0, 0.05) is 40.4 Å². The van der Waals surface area contributed by atoms with Crippen molar-refractivity contribution in [3.05, 3.63) is 132 Å². The maximum Gasteiger partial charge on any atom is 0.485 e. The summed E-state index contributed by atoms with van der Waals surface area (Å²) in [5, 5.41) is 0.729. The molecule has 0 atom stereocenters. The van der Waals surface area contributed by atoms with Crippen molar-refractivity contribution in [1.29, 1.82) is 0 Å². The Bertz CT molecular complexity index is 1590. The molecule has 4 aromatic carbocycles. The number of hydrogen-bond donors (Lipinski definition) is 0. The molecule has 9 heteroatoms. The molecular formula is C30H21ClF3NO3S. The van der Waals surface area contributed by atoms with Gasteiger partial charge in [0.25, 0.3) is 0 Å². The van der Waals surface area contributed by atoms with E-state index < -0.39 is 15.6 Å². The molecule has 0 radical (unpaired) electrons. The Labute approximate surface area is 229 Å². The van der Waals surface area contributed by atoms with Crippen molar-refractivity contribution in [3.63, 3.8) is 0 Å². The van der Waals surface area contributed by atoms with Crippen LogP contribution in [0.15, 0.2) is 127 Å². The number of aromatic nitrogens is 1. The molecule has 0 N–H and O–H groups in total. The second-order valence-electron chi connectivity index (χ2n) is 8.32. The minimum absolute atomic E-state index is 0.729. The standard InChI is InChI=1S/C29H21ClN.CHF3O3S/c30-26-16-18-27(19-17-26)31-28(23-12-6-2-7-13-23)20-25(22-10-4-1-5-11-22)21-29(31)24-14-8-3-9-15-24;2-1(3,4)8(5,6)7/h1-21H;(H,5,6,7)/q+1;/p-1. The Balaban J connectivity index is 0.000000386. The van der Waals surface area contributed by atoms with Gasteiger partial charge in [-0.1, -0.05) is 78.3 Å². The zero-order chi connectivity index (χ0) is 28.0. The van der Waals surface area contributed by atoms with Crippen LogP contribution >= 0.6 is 11.6 Å². The predicted molar refractivity (Wildman–Crippen MR) is 145 cm³/mol. The van der Waals surface area contributed by atoms with Gasteiger partial charge in [-0.15, -0.1) is 0 Å². The van der Waals surface area contributed by atoms with Gasteiger partial charge in [-0.25, -0.2) is 8.42 Å². The highest BCUT2D eigenvalue weighted by Crippen LogP contribution is 2.30. The zero-order valence-electron chi connectivity index (χ0n) is 20.2. The minimum atomic E-state index is -6.09. The van der Waals surface area contributed by atoms with Gasteiger partial charge in [-0.2, -0.15) is 17.7 Å². The third kappa shape index (κ3) is 6.92. The SMILES string of the molecule is Clc1ccc(-[n+]2c(-c3ccccc3)cc(-c3ccccc3)cc2-c2ccccc2)cc1.O=S(=O)([O-])C(F)(F)F. The number of benzene rings is 4. The van der Waals surface area contributed by atoms with E-state index in [1.165, 1.54) is 11.1 Å². The van der Waals surface area contributed by atoms with Crippen LogP contribution in [0.1, 0.15) is 0 Å². The van der Waals surface area contributed by atoms with Crippen LogP contribution in [0, 0.1) is 0 Å². The number of rotatable bonds is 4. The van der Waals surface area contributed by atoms with Crippen LogP contribution in [-0.4, -0.2) is 18.5 Å². The normalized spacial score (nSPS) is 11.4. The summed E-state index contributed by atoms with van der Waals surface area (Å²) in [5.41, 5.74) is 2.38. The summed E-state index contributed by atoms with van der Waals surface area (Å²) in [6.45, 7) is 0. The van der Waals surface area contributed by atoms with Gasteiger partial charge >= 0.3 is 5.51 Å². The fourth-order valence-corrected chi connectivity index (χ4v) is 4.03.